The van der Waals surface area contributed by atoms with Gasteiger partial charge in [-0.1, -0.05) is 0 Å². The van der Waals surface area contributed by atoms with E-state index in [1.165, 1.54) is 6.92 Å². The van der Waals surface area contributed by atoms with E-state index < -0.39 is 0 Å². The zero-order valence-corrected chi connectivity index (χ0v) is 13.8. The van der Waals surface area contributed by atoms with E-state index in [9.17, 15) is 14.4 Å². The number of nitrogens with one attached hydrogen (secondary N) is 3. The molecule has 1 fully saturated rings. The molecule has 1 aliphatic rings. The van der Waals surface area contributed by atoms with Crippen molar-refractivity contribution in [2.24, 2.45) is 0 Å². The number of hydrogen-bond donors (Lipinski definition) is 3. The van der Waals surface area contributed by atoms with Crippen molar-refractivity contribution in [3.8, 4) is 5.75 Å². The zero-order chi connectivity index (χ0) is 17.5. The Morgan fingerprint density at radius 1 is 1.21 bits per heavy atom. The fraction of sp³-hybridized carbons (Fsp3) is 0.438. The van der Waals surface area contributed by atoms with Gasteiger partial charge in [0.1, 0.15) is 5.75 Å². The maximum atomic E-state index is 12.1. The Morgan fingerprint density at radius 2 is 1.88 bits per heavy atom. The molecule has 0 radical (unpaired) electrons. The fourth-order valence-corrected chi connectivity index (χ4v) is 2.47. The highest BCUT2D eigenvalue weighted by Gasteiger charge is 2.31. The van der Waals surface area contributed by atoms with Crippen LogP contribution in [0.15, 0.2) is 24.3 Å². The van der Waals surface area contributed by atoms with E-state index in [0.717, 1.165) is 11.4 Å². The summed E-state index contributed by atoms with van der Waals surface area (Å²) >= 11 is 0. The van der Waals surface area contributed by atoms with Crippen LogP contribution >= 0.6 is 0 Å². The Balaban J connectivity index is 1.81. The molecular formula is C16H22N4O4. The molecular weight excluding hydrogens is 312 g/mol. The molecule has 8 heteroatoms. The molecule has 1 saturated heterocycles. The lowest BCUT2D eigenvalue weighted by molar-refractivity contribution is -0.119. The number of carbonyl (C=O) groups excluding carboxylic acids is 3. The van der Waals surface area contributed by atoms with E-state index in [1.807, 2.05) is 12.1 Å². The van der Waals surface area contributed by atoms with Crippen molar-refractivity contribution < 1.29 is 19.1 Å². The second kappa shape index (κ2) is 8.19. The molecule has 1 aromatic rings. The first-order valence-corrected chi connectivity index (χ1v) is 7.73. The standard InChI is InChI=1S/C16H22N4O4/c1-11(21)17-7-8-18-16(23)19-12-9-15(22)20(10-12)13-3-5-14(24-2)6-4-13/h3-6,12H,7-10H2,1-2H3,(H,17,21)(H2,18,19,23)/t12-/m0/s1. The van der Waals surface area contributed by atoms with Crippen LogP contribution in [0.1, 0.15) is 13.3 Å². The number of anilines is 1. The van der Waals surface area contributed by atoms with Crippen LogP contribution in [-0.4, -0.2) is 50.6 Å². The van der Waals surface area contributed by atoms with Crippen molar-refractivity contribution in [2.45, 2.75) is 19.4 Å². The predicted octanol–water partition coefficient (Wildman–Crippen LogP) is 0.236. The minimum Gasteiger partial charge on any atom is -0.497 e. The lowest BCUT2D eigenvalue weighted by Gasteiger charge is -2.17. The molecule has 1 aromatic carbocycles. The van der Waals surface area contributed by atoms with Gasteiger partial charge in [-0.15, -0.1) is 0 Å². The van der Waals surface area contributed by atoms with Crippen LogP contribution in [0.3, 0.4) is 0 Å². The van der Waals surface area contributed by atoms with E-state index in [-0.39, 0.29) is 30.3 Å². The van der Waals surface area contributed by atoms with Crippen LogP contribution in [0.25, 0.3) is 0 Å². The van der Waals surface area contributed by atoms with Crippen molar-refractivity contribution in [3.63, 3.8) is 0 Å². The monoisotopic (exact) mass is 334 g/mol. The average molecular weight is 334 g/mol. The highest BCUT2D eigenvalue weighted by molar-refractivity contribution is 5.96. The first kappa shape index (κ1) is 17.6. The molecule has 0 aliphatic carbocycles. The summed E-state index contributed by atoms with van der Waals surface area (Å²) in [6.45, 7) is 2.53. The highest BCUT2D eigenvalue weighted by atomic mass is 16.5. The van der Waals surface area contributed by atoms with Crippen LogP contribution in [0, 0.1) is 0 Å². The van der Waals surface area contributed by atoms with E-state index in [0.29, 0.717) is 19.6 Å². The van der Waals surface area contributed by atoms with Crippen molar-refractivity contribution in [2.75, 3.05) is 31.6 Å². The Hall–Kier alpha value is -2.77. The minimum atomic E-state index is -0.352. The molecule has 8 nitrogen and oxygen atoms in total. The van der Waals surface area contributed by atoms with Gasteiger partial charge >= 0.3 is 6.03 Å². The summed E-state index contributed by atoms with van der Waals surface area (Å²) in [5, 5.41) is 7.99. The maximum absolute atomic E-state index is 12.1. The molecule has 1 heterocycles. The molecule has 0 unspecified atom stereocenters. The van der Waals surface area contributed by atoms with Crippen LogP contribution in [0.2, 0.25) is 0 Å². The molecule has 1 aliphatic heterocycles. The normalized spacial score (nSPS) is 16.7. The van der Waals surface area contributed by atoms with Gasteiger partial charge < -0.3 is 25.6 Å². The van der Waals surface area contributed by atoms with Crippen LogP contribution < -0.4 is 25.6 Å². The van der Waals surface area contributed by atoms with Gasteiger partial charge in [0.15, 0.2) is 0 Å². The minimum absolute atomic E-state index is 0.0382. The van der Waals surface area contributed by atoms with Crippen LogP contribution in [0.5, 0.6) is 5.75 Å². The van der Waals surface area contributed by atoms with Gasteiger partial charge in [0.05, 0.1) is 13.2 Å². The van der Waals surface area contributed by atoms with Crippen molar-refractivity contribution >= 4 is 23.5 Å². The SMILES string of the molecule is COc1ccc(N2C[C@@H](NC(=O)NCCNC(C)=O)CC2=O)cc1. The lowest BCUT2D eigenvalue weighted by atomic mass is 10.2. The Bertz CT molecular complexity index is 603. The van der Waals surface area contributed by atoms with Crippen molar-refractivity contribution in [1.82, 2.24) is 16.0 Å². The fourth-order valence-electron chi connectivity index (χ4n) is 2.47. The van der Waals surface area contributed by atoms with E-state index in [2.05, 4.69) is 16.0 Å². The molecule has 3 N–H and O–H groups in total. The zero-order valence-electron chi connectivity index (χ0n) is 13.8. The van der Waals surface area contributed by atoms with E-state index in [1.54, 1.807) is 24.1 Å². The summed E-state index contributed by atoms with van der Waals surface area (Å²) in [6, 6.07) is 6.60. The van der Waals surface area contributed by atoms with E-state index >= 15 is 0 Å². The highest BCUT2D eigenvalue weighted by Crippen LogP contribution is 2.24. The number of benzene rings is 1. The predicted molar refractivity (Wildman–Crippen MR) is 89.0 cm³/mol. The molecule has 0 spiro atoms. The largest absolute Gasteiger partial charge is 0.497 e. The second-order valence-electron chi connectivity index (χ2n) is 5.49. The molecule has 130 valence electrons. The molecule has 4 amide bonds. The van der Waals surface area contributed by atoms with Gasteiger partial charge in [-0.3, -0.25) is 9.59 Å². The van der Waals surface area contributed by atoms with Crippen molar-refractivity contribution in [3.05, 3.63) is 24.3 Å². The summed E-state index contributed by atoms with van der Waals surface area (Å²) < 4.78 is 5.10. The number of hydrogen-bond acceptors (Lipinski definition) is 4. The molecule has 0 aromatic heterocycles. The third kappa shape index (κ3) is 4.87. The van der Waals surface area contributed by atoms with Gasteiger partial charge in [-0.05, 0) is 24.3 Å². The summed E-state index contributed by atoms with van der Waals surface area (Å²) in [5.41, 5.74) is 0.774. The number of methoxy groups -OCH3 is 1. The number of nitrogens with zero attached hydrogens (tertiary/aromatic N) is 1. The second-order valence-corrected chi connectivity index (χ2v) is 5.49. The Morgan fingerprint density at radius 3 is 2.50 bits per heavy atom. The topological polar surface area (TPSA) is 99.8 Å². The van der Waals surface area contributed by atoms with Gasteiger partial charge in [-0.25, -0.2) is 4.79 Å². The first-order valence-electron chi connectivity index (χ1n) is 7.73. The summed E-state index contributed by atoms with van der Waals surface area (Å²) in [7, 11) is 1.58. The number of carbonyl (C=O) groups is 3. The Kier molecular flexibility index (Phi) is 6.00. The molecule has 2 rings (SSSR count). The summed E-state index contributed by atoms with van der Waals surface area (Å²) in [4.78, 5) is 36.3. The molecule has 0 saturated carbocycles. The summed E-state index contributed by atoms with van der Waals surface area (Å²) in [6.07, 6.45) is 0.255. The average Bonchev–Trinajstić information content (AvgIpc) is 2.92. The summed E-state index contributed by atoms with van der Waals surface area (Å²) in [5.74, 6) is 0.538. The van der Waals surface area contributed by atoms with Gasteiger partial charge in [0, 0.05) is 38.7 Å². The van der Waals surface area contributed by atoms with Crippen molar-refractivity contribution in [1.29, 1.82) is 0 Å². The van der Waals surface area contributed by atoms with Gasteiger partial charge in [-0.2, -0.15) is 0 Å². The quantitative estimate of drug-likeness (QED) is 0.649. The molecule has 1 atom stereocenters. The number of amides is 4. The third-order valence-electron chi connectivity index (χ3n) is 3.63. The molecule has 24 heavy (non-hydrogen) atoms. The maximum Gasteiger partial charge on any atom is 0.315 e. The van der Waals surface area contributed by atoms with Gasteiger partial charge in [0.25, 0.3) is 0 Å². The van der Waals surface area contributed by atoms with Crippen LogP contribution in [-0.2, 0) is 9.59 Å². The van der Waals surface area contributed by atoms with Crippen LogP contribution in [0.4, 0.5) is 10.5 Å². The molecule has 0 bridgehead atoms. The van der Waals surface area contributed by atoms with E-state index in [4.69, 9.17) is 4.74 Å². The number of rotatable bonds is 6. The smallest absolute Gasteiger partial charge is 0.315 e. The first-order chi connectivity index (χ1) is 11.5. The Labute approximate surface area is 140 Å². The number of urea groups is 1. The lowest BCUT2D eigenvalue weighted by Crippen LogP contribution is -2.45. The van der Waals surface area contributed by atoms with Gasteiger partial charge in [0.2, 0.25) is 11.8 Å². The number of ether oxygens (including phenoxy) is 1. The third-order valence-corrected chi connectivity index (χ3v) is 3.63.